The molecule has 0 radical (unpaired) electrons. The van der Waals surface area contributed by atoms with Crippen LogP contribution < -0.4 is 20.7 Å². The molecule has 1 atom stereocenters. The number of urea groups is 1. The van der Waals surface area contributed by atoms with Crippen molar-refractivity contribution in [3.05, 3.63) is 53.2 Å². The van der Waals surface area contributed by atoms with Crippen LogP contribution in [0.3, 0.4) is 0 Å². The summed E-state index contributed by atoms with van der Waals surface area (Å²) in [6.07, 6.45) is 1.66. The predicted octanol–water partition coefficient (Wildman–Crippen LogP) is 1.79. The fourth-order valence-corrected chi connectivity index (χ4v) is 2.43. The lowest BCUT2D eigenvalue weighted by molar-refractivity contribution is -0.122. The molecule has 1 aromatic carbocycles. The number of aryl methyl sites for hydroxylation is 2. The fraction of sp³-hybridized carbons (Fsp3) is 0.278. The maximum atomic E-state index is 11.9. The van der Waals surface area contributed by atoms with E-state index in [1.54, 1.807) is 12.3 Å². The van der Waals surface area contributed by atoms with Crippen LogP contribution in [0.15, 0.2) is 36.5 Å². The molecule has 1 aliphatic heterocycles. The third-order valence-electron chi connectivity index (χ3n) is 3.91. The van der Waals surface area contributed by atoms with Gasteiger partial charge in [0.1, 0.15) is 11.8 Å². The van der Waals surface area contributed by atoms with Gasteiger partial charge < -0.3 is 20.7 Å². The summed E-state index contributed by atoms with van der Waals surface area (Å²) in [6, 6.07) is 8.76. The minimum absolute atomic E-state index is 0.228. The topological polar surface area (TPSA) is 92.4 Å². The third-order valence-corrected chi connectivity index (χ3v) is 3.91. The molecule has 0 unspecified atom stereocenters. The number of pyridine rings is 1. The molecule has 3 N–H and O–H groups in total. The van der Waals surface area contributed by atoms with Gasteiger partial charge in [-0.3, -0.25) is 4.79 Å². The van der Waals surface area contributed by atoms with Crippen molar-refractivity contribution in [3.63, 3.8) is 0 Å². The van der Waals surface area contributed by atoms with E-state index in [1.165, 1.54) is 0 Å². The molecule has 1 aliphatic rings. The number of aromatic nitrogens is 1. The molecule has 3 amide bonds. The van der Waals surface area contributed by atoms with Gasteiger partial charge in [-0.25, -0.2) is 9.78 Å². The van der Waals surface area contributed by atoms with Gasteiger partial charge >= 0.3 is 6.03 Å². The van der Waals surface area contributed by atoms with Gasteiger partial charge in [-0.2, -0.15) is 0 Å². The van der Waals surface area contributed by atoms with Gasteiger partial charge in [0.25, 0.3) is 0 Å². The number of carbonyl (C=O) groups excluding carboxylic acids is 2. The van der Waals surface area contributed by atoms with Gasteiger partial charge in [0.2, 0.25) is 11.8 Å². The van der Waals surface area contributed by atoms with Crippen molar-refractivity contribution in [3.8, 4) is 11.6 Å². The molecule has 7 nitrogen and oxygen atoms in total. The van der Waals surface area contributed by atoms with Crippen LogP contribution in [0.5, 0.6) is 11.6 Å². The van der Waals surface area contributed by atoms with E-state index in [0.29, 0.717) is 19.0 Å². The van der Waals surface area contributed by atoms with Crippen LogP contribution in [0.25, 0.3) is 0 Å². The largest absolute Gasteiger partial charge is 0.439 e. The van der Waals surface area contributed by atoms with Crippen LogP contribution in [0.4, 0.5) is 4.79 Å². The lowest BCUT2D eigenvalue weighted by Crippen LogP contribution is -2.42. The zero-order valence-corrected chi connectivity index (χ0v) is 14.1. The minimum Gasteiger partial charge on any atom is -0.439 e. The first kappa shape index (κ1) is 16.8. The van der Waals surface area contributed by atoms with Crippen molar-refractivity contribution in [1.29, 1.82) is 0 Å². The second kappa shape index (κ2) is 7.21. The Bertz CT molecular complexity index is 789. The molecule has 7 heteroatoms. The number of amides is 3. The maximum absolute atomic E-state index is 11.9. The first-order valence-corrected chi connectivity index (χ1v) is 8.03. The Morgan fingerprint density at radius 3 is 2.84 bits per heavy atom. The highest BCUT2D eigenvalue weighted by atomic mass is 16.5. The van der Waals surface area contributed by atoms with E-state index in [0.717, 1.165) is 22.4 Å². The van der Waals surface area contributed by atoms with Crippen LogP contribution >= 0.6 is 0 Å². The Morgan fingerprint density at radius 1 is 1.32 bits per heavy atom. The first-order chi connectivity index (χ1) is 12.0. The van der Waals surface area contributed by atoms with E-state index in [1.807, 2.05) is 38.1 Å². The molecule has 0 spiro atoms. The van der Waals surface area contributed by atoms with Gasteiger partial charge in [-0.15, -0.1) is 0 Å². The minimum atomic E-state index is -0.535. The van der Waals surface area contributed by atoms with Gasteiger partial charge in [0, 0.05) is 25.4 Å². The lowest BCUT2D eigenvalue weighted by atomic mass is 10.1. The molecule has 1 fully saturated rings. The summed E-state index contributed by atoms with van der Waals surface area (Å²) in [6.45, 7) is 4.62. The summed E-state index contributed by atoms with van der Waals surface area (Å²) in [5.41, 5.74) is 3.00. The molecule has 130 valence electrons. The highest BCUT2D eigenvalue weighted by Crippen LogP contribution is 2.24. The normalized spacial score (nSPS) is 16.1. The molecule has 1 saturated heterocycles. The van der Waals surface area contributed by atoms with Crippen molar-refractivity contribution in [1.82, 2.24) is 20.9 Å². The van der Waals surface area contributed by atoms with Crippen molar-refractivity contribution in [2.45, 2.75) is 26.4 Å². The van der Waals surface area contributed by atoms with E-state index in [9.17, 15) is 9.59 Å². The first-order valence-electron chi connectivity index (χ1n) is 8.03. The second-order valence-corrected chi connectivity index (χ2v) is 6.00. The number of hydrogen-bond acceptors (Lipinski definition) is 4. The Labute approximate surface area is 145 Å². The molecule has 2 heterocycles. The van der Waals surface area contributed by atoms with E-state index in [4.69, 9.17) is 4.74 Å². The molecule has 0 saturated carbocycles. The molecular weight excluding hydrogens is 320 g/mol. The van der Waals surface area contributed by atoms with Crippen molar-refractivity contribution < 1.29 is 14.3 Å². The van der Waals surface area contributed by atoms with Crippen LogP contribution in [0.2, 0.25) is 0 Å². The number of nitrogens with one attached hydrogen (secondary N) is 3. The average molecular weight is 340 g/mol. The zero-order chi connectivity index (χ0) is 17.8. The third kappa shape index (κ3) is 4.26. The van der Waals surface area contributed by atoms with Crippen molar-refractivity contribution >= 4 is 11.9 Å². The van der Waals surface area contributed by atoms with Crippen LogP contribution in [-0.4, -0.2) is 29.5 Å². The molecule has 2 aromatic rings. The predicted molar refractivity (Wildman–Crippen MR) is 92.4 cm³/mol. The number of rotatable bonds is 5. The van der Waals surface area contributed by atoms with E-state index < -0.39 is 6.04 Å². The summed E-state index contributed by atoms with van der Waals surface area (Å²) in [4.78, 5) is 27.2. The van der Waals surface area contributed by atoms with Gasteiger partial charge in [-0.1, -0.05) is 18.2 Å². The quantitative estimate of drug-likeness (QED) is 0.774. The lowest BCUT2D eigenvalue weighted by Gasteiger charge is -2.11. The number of nitrogens with zero attached hydrogens (tertiary/aromatic N) is 1. The number of ether oxygens (including phenoxy) is 1. The van der Waals surface area contributed by atoms with Gasteiger partial charge in [0.05, 0.1) is 0 Å². The summed E-state index contributed by atoms with van der Waals surface area (Å²) in [5, 5.41) is 7.86. The highest BCUT2D eigenvalue weighted by molar-refractivity contribution is 5.90. The maximum Gasteiger partial charge on any atom is 0.315 e. The van der Waals surface area contributed by atoms with Crippen LogP contribution in [-0.2, 0) is 11.3 Å². The number of hydrogen-bond donors (Lipinski definition) is 3. The molecule has 3 rings (SSSR count). The van der Waals surface area contributed by atoms with Gasteiger partial charge in [-0.05, 0) is 36.6 Å². The molecule has 0 aliphatic carbocycles. The van der Waals surface area contributed by atoms with E-state index in [-0.39, 0.29) is 11.9 Å². The van der Waals surface area contributed by atoms with E-state index >= 15 is 0 Å². The van der Waals surface area contributed by atoms with Crippen LogP contribution in [0, 0.1) is 13.8 Å². The summed E-state index contributed by atoms with van der Waals surface area (Å²) >= 11 is 0. The summed E-state index contributed by atoms with van der Waals surface area (Å²) < 4.78 is 5.81. The molecule has 0 bridgehead atoms. The van der Waals surface area contributed by atoms with Crippen LogP contribution in [0.1, 0.15) is 16.7 Å². The second-order valence-electron chi connectivity index (χ2n) is 6.00. The Hall–Kier alpha value is -3.09. The Kier molecular flexibility index (Phi) is 4.83. The van der Waals surface area contributed by atoms with E-state index in [2.05, 4.69) is 20.9 Å². The molecule has 1 aromatic heterocycles. The standard InChI is InChI=1S/C18H20N4O3/c1-11-3-4-12(2)15(7-11)25-16-6-5-13(8-19-16)9-20-17(23)14-10-21-18(24)22-14/h3-8,14H,9-10H2,1-2H3,(H,20,23)(H2,21,22,24)/t14-/m1/s1. The summed E-state index contributed by atoms with van der Waals surface area (Å²) in [7, 11) is 0. The fourth-order valence-electron chi connectivity index (χ4n) is 2.43. The monoisotopic (exact) mass is 340 g/mol. The SMILES string of the molecule is Cc1ccc(C)c(Oc2ccc(CNC(=O)[C@H]3CNC(=O)N3)cn2)c1. The Balaban J connectivity index is 1.56. The molecule has 25 heavy (non-hydrogen) atoms. The number of carbonyl (C=O) groups is 2. The molecular formula is C18H20N4O3. The highest BCUT2D eigenvalue weighted by Gasteiger charge is 2.26. The number of benzene rings is 1. The average Bonchev–Trinajstić information content (AvgIpc) is 3.04. The smallest absolute Gasteiger partial charge is 0.315 e. The van der Waals surface area contributed by atoms with Gasteiger partial charge in [0.15, 0.2) is 0 Å². The summed E-state index contributed by atoms with van der Waals surface area (Å²) in [5.74, 6) is 1.04. The van der Waals surface area contributed by atoms with Crippen molar-refractivity contribution in [2.24, 2.45) is 0 Å². The van der Waals surface area contributed by atoms with Crippen molar-refractivity contribution in [2.75, 3.05) is 6.54 Å². The zero-order valence-electron chi connectivity index (χ0n) is 14.1. The Morgan fingerprint density at radius 2 is 2.16 bits per heavy atom.